The van der Waals surface area contributed by atoms with Gasteiger partial charge in [0.25, 0.3) is 0 Å². The molecule has 0 aliphatic heterocycles. The molecule has 0 unspecified atom stereocenters. The smallest absolute Gasteiger partial charge is 0.147 e. The monoisotopic (exact) mass is 269 g/mol. The van der Waals surface area contributed by atoms with E-state index < -0.39 is 0 Å². The minimum Gasteiger partial charge on any atom is -0.455 e. The minimum atomic E-state index is -0.151. The van der Waals surface area contributed by atoms with Crippen LogP contribution in [0.1, 0.15) is 5.56 Å². The molecule has 17 heavy (non-hydrogen) atoms. The van der Waals surface area contributed by atoms with Crippen LogP contribution in [-0.2, 0) is 6.61 Å². The standard InChI is InChI=1S/C12H9Cl2NO2/c13-9-1-2-10(14)12(5-9)17-11-3-4-15-6-8(11)7-16/h1-6,16H,7H2. The van der Waals surface area contributed by atoms with Crippen molar-refractivity contribution in [1.82, 2.24) is 4.98 Å². The minimum absolute atomic E-state index is 0.151. The van der Waals surface area contributed by atoms with Gasteiger partial charge >= 0.3 is 0 Å². The number of nitrogens with zero attached hydrogens (tertiary/aromatic N) is 1. The molecule has 1 heterocycles. The lowest BCUT2D eigenvalue weighted by Crippen LogP contribution is -1.93. The maximum absolute atomic E-state index is 9.14. The zero-order valence-electron chi connectivity index (χ0n) is 8.73. The second kappa shape index (κ2) is 5.36. The van der Waals surface area contributed by atoms with Crippen LogP contribution in [0.5, 0.6) is 11.5 Å². The zero-order chi connectivity index (χ0) is 12.3. The zero-order valence-corrected chi connectivity index (χ0v) is 10.2. The lowest BCUT2D eigenvalue weighted by Gasteiger charge is -2.10. The maximum atomic E-state index is 9.14. The van der Waals surface area contributed by atoms with Crippen LogP contribution in [0.15, 0.2) is 36.7 Å². The molecule has 0 atom stereocenters. The topological polar surface area (TPSA) is 42.4 Å². The Morgan fingerprint density at radius 2 is 2.00 bits per heavy atom. The largest absolute Gasteiger partial charge is 0.455 e. The lowest BCUT2D eigenvalue weighted by atomic mass is 10.2. The third-order valence-electron chi connectivity index (χ3n) is 2.14. The second-order valence-corrected chi connectivity index (χ2v) is 4.16. The van der Waals surface area contributed by atoms with Gasteiger partial charge in [0, 0.05) is 29.0 Å². The lowest BCUT2D eigenvalue weighted by molar-refractivity contribution is 0.276. The number of pyridine rings is 1. The van der Waals surface area contributed by atoms with E-state index in [1.165, 1.54) is 6.20 Å². The molecule has 0 aliphatic rings. The third-order valence-corrected chi connectivity index (χ3v) is 2.69. The van der Waals surface area contributed by atoms with Crippen molar-refractivity contribution in [3.8, 4) is 11.5 Å². The second-order valence-electron chi connectivity index (χ2n) is 3.32. The van der Waals surface area contributed by atoms with Crippen molar-refractivity contribution in [3.05, 3.63) is 52.3 Å². The molecule has 0 fully saturated rings. The highest BCUT2D eigenvalue weighted by Gasteiger charge is 2.07. The van der Waals surface area contributed by atoms with Gasteiger partial charge in [-0.05, 0) is 18.2 Å². The van der Waals surface area contributed by atoms with Gasteiger partial charge in [-0.3, -0.25) is 4.98 Å². The summed E-state index contributed by atoms with van der Waals surface area (Å²) in [5, 5.41) is 10.1. The number of rotatable bonds is 3. The first-order valence-electron chi connectivity index (χ1n) is 4.87. The van der Waals surface area contributed by atoms with Crippen molar-refractivity contribution in [1.29, 1.82) is 0 Å². The molecule has 3 nitrogen and oxygen atoms in total. The van der Waals surface area contributed by atoms with Crippen molar-refractivity contribution in [2.24, 2.45) is 0 Å². The fraction of sp³-hybridized carbons (Fsp3) is 0.0833. The van der Waals surface area contributed by atoms with E-state index in [-0.39, 0.29) is 6.61 Å². The normalized spacial score (nSPS) is 10.3. The van der Waals surface area contributed by atoms with Crippen LogP contribution in [0.4, 0.5) is 0 Å². The fourth-order valence-electron chi connectivity index (χ4n) is 1.31. The quantitative estimate of drug-likeness (QED) is 0.925. The Bertz CT molecular complexity index is 532. The Hall–Kier alpha value is -1.29. The summed E-state index contributed by atoms with van der Waals surface area (Å²) >= 11 is 11.8. The van der Waals surface area contributed by atoms with Crippen molar-refractivity contribution in [3.63, 3.8) is 0 Å². The number of aliphatic hydroxyl groups is 1. The van der Waals surface area contributed by atoms with E-state index >= 15 is 0 Å². The third kappa shape index (κ3) is 2.88. The number of aromatic nitrogens is 1. The molecule has 0 radical (unpaired) electrons. The summed E-state index contributed by atoms with van der Waals surface area (Å²) in [6, 6.07) is 6.60. The Morgan fingerprint density at radius 1 is 1.18 bits per heavy atom. The summed E-state index contributed by atoms with van der Waals surface area (Å²) in [5.74, 6) is 0.951. The molecule has 5 heteroatoms. The molecular formula is C12H9Cl2NO2. The van der Waals surface area contributed by atoms with Gasteiger partial charge in [-0.2, -0.15) is 0 Å². The van der Waals surface area contributed by atoms with Gasteiger partial charge < -0.3 is 9.84 Å². The van der Waals surface area contributed by atoms with E-state index in [1.807, 2.05) is 0 Å². The first-order chi connectivity index (χ1) is 8.20. The van der Waals surface area contributed by atoms with Crippen LogP contribution < -0.4 is 4.74 Å². The maximum Gasteiger partial charge on any atom is 0.147 e. The molecule has 0 amide bonds. The van der Waals surface area contributed by atoms with Crippen LogP contribution in [0, 0.1) is 0 Å². The van der Waals surface area contributed by atoms with E-state index in [0.29, 0.717) is 27.1 Å². The van der Waals surface area contributed by atoms with Gasteiger partial charge in [0.05, 0.1) is 11.6 Å². The van der Waals surface area contributed by atoms with E-state index in [4.69, 9.17) is 33.0 Å². The Balaban J connectivity index is 2.34. The highest BCUT2D eigenvalue weighted by Crippen LogP contribution is 2.32. The molecule has 0 bridgehead atoms. The van der Waals surface area contributed by atoms with Crippen molar-refractivity contribution in [2.75, 3.05) is 0 Å². The molecule has 1 aromatic heterocycles. The first-order valence-corrected chi connectivity index (χ1v) is 5.63. The van der Waals surface area contributed by atoms with Crippen molar-refractivity contribution in [2.45, 2.75) is 6.61 Å². The molecule has 0 aliphatic carbocycles. The number of ether oxygens (including phenoxy) is 1. The van der Waals surface area contributed by atoms with E-state index in [9.17, 15) is 0 Å². The average Bonchev–Trinajstić information content (AvgIpc) is 2.34. The summed E-state index contributed by atoms with van der Waals surface area (Å²) in [4.78, 5) is 3.90. The molecule has 0 saturated heterocycles. The van der Waals surface area contributed by atoms with E-state index in [2.05, 4.69) is 4.98 Å². The first kappa shape index (κ1) is 12.2. The molecule has 0 saturated carbocycles. The van der Waals surface area contributed by atoms with Gasteiger partial charge in [0.2, 0.25) is 0 Å². The summed E-state index contributed by atoms with van der Waals surface area (Å²) < 4.78 is 5.60. The molecule has 88 valence electrons. The number of aliphatic hydroxyl groups excluding tert-OH is 1. The summed E-state index contributed by atoms with van der Waals surface area (Å²) in [7, 11) is 0. The number of hydrogen-bond donors (Lipinski definition) is 1. The average molecular weight is 270 g/mol. The fourth-order valence-corrected chi connectivity index (χ4v) is 1.62. The molecule has 1 aromatic carbocycles. The van der Waals surface area contributed by atoms with Gasteiger partial charge in [-0.15, -0.1) is 0 Å². The van der Waals surface area contributed by atoms with E-state index in [1.54, 1.807) is 30.5 Å². The number of benzene rings is 1. The number of halogens is 2. The van der Waals surface area contributed by atoms with Crippen LogP contribution in [0.2, 0.25) is 10.0 Å². The van der Waals surface area contributed by atoms with Gasteiger partial charge in [-0.1, -0.05) is 23.2 Å². The Kier molecular flexibility index (Phi) is 3.84. The molecule has 2 rings (SSSR count). The highest BCUT2D eigenvalue weighted by molar-refractivity contribution is 6.34. The Morgan fingerprint density at radius 3 is 2.76 bits per heavy atom. The van der Waals surface area contributed by atoms with Gasteiger partial charge in [-0.25, -0.2) is 0 Å². The predicted octanol–water partition coefficient (Wildman–Crippen LogP) is 3.67. The molecule has 2 aromatic rings. The summed E-state index contributed by atoms with van der Waals surface area (Å²) in [5.41, 5.74) is 0.587. The Labute approximate surface area is 109 Å². The van der Waals surface area contributed by atoms with Crippen LogP contribution >= 0.6 is 23.2 Å². The van der Waals surface area contributed by atoms with Crippen LogP contribution in [-0.4, -0.2) is 10.1 Å². The highest BCUT2D eigenvalue weighted by atomic mass is 35.5. The SMILES string of the molecule is OCc1cnccc1Oc1cc(Cl)ccc1Cl. The van der Waals surface area contributed by atoms with E-state index in [0.717, 1.165) is 0 Å². The number of hydrogen-bond acceptors (Lipinski definition) is 3. The molecule has 1 N–H and O–H groups in total. The summed E-state index contributed by atoms with van der Waals surface area (Å²) in [6.07, 6.45) is 3.11. The van der Waals surface area contributed by atoms with Crippen LogP contribution in [0.3, 0.4) is 0 Å². The van der Waals surface area contributed by atoms with Gasteiger partial charge in [0.15, 0.2) is 0 Å². The predicted molar refractivity (Wildman–Crippen MR) is 66.7 cm³/mol. The van der Waals surface area contributed by atoms with Crippen LogP contribution in [0.25, 0.3) is 0 Å². The van der Waals surface area contributed by atoms with Crippen molar-refractivity contribution < 1.29 is 9.84 Å². The molecule has 0 spiro atoms. The van der Waals surface area contributed by atoms with Crippen molar-refractivity contribution >= 4 is 23.2 Å². The van der Waals surface area contributed by atoms with Gasteiger partial charge in [0.1, 0.15) is 11.5 Å². The molecular weight excluding hydrogens is 261 g/mol. The summed E-state index contributed by atoms with van der Waals surface area (Å²) in [6.45, 7) is -0.151.